The van der Waals surface area contributed by atoms with Crippen LogP contribution in [0.15, 0.2) is 33.3 Å². The Kier molecular flexibility index (Phi) is 4.53. The van der Waals surface area contributed by atoms with Crippen molar-refractivity contribution in [3.8, 4) is 0 Å². The molecule has 0 aliphatic carbocycles. The highest BCUT2D eigenvalue weighted by Gasteiger charge is 2.21. The van der Waals surface area contributed by atoms with Crippen molar-refractivity contribution >= 4 is 31.9 Å². The van der Waals surface area contributed by atoms with Gasteiger partial charge in [-0.25, -0.2) is 4.68 Å². The van der Waals surface area contributed by atoms with E-state index in [4.69, 9.17) is 0 Å². The average Bonchev–Trinajstić information content (AvgIpc) is 2.67. The van der Waals surface area contributed by atoms with Crippen molar-refractivity contribution in [2.45, 2.75) is 13.0 Å². The molecule has 1 aromatic heterocycles. The van der Waals surface area contributed by atoms with Crippen LogP contribution in [-0.2, 0) is 7.05 Å². The van der Waals surface area contributed by atoms with Gasteiger partial charge in [0.2, 0.25) is 0 Å². The molecular formula is C12H14Br2N4. The van der Waals surface area contributed by atoms with Gasteiger partial charge >= 0.3 is 0 Å². The standard InChI is InChI=1S/C12H14Br2N4/c1-3-15-10(8-5-4-6-9(13)7-8)11-12(14)16-17-18(11)2/h4-7,10,15H,3H2,1-2H3. The maximum atomic E-state index is 4.05. The molecule has 0 aliphatic rings. The van der Waals surface area contributed by atoms with Crippen molar-refractivity contribution < 1.29 is 0 Å². The van der Waals surface area contributed by atoms with Gasteiger partial charge in [-0.15, -0.1) is 5.10 Å². The Balaban J connectivity index is 2.46. The summed E-state index contributed by atoms with van der Waals surface area (Å²) in [5.41, 5.74) is 2.20. The Morgan fingerprint density at radius 2 is 2.17 bits per heavy atom. The normalized spacial score (nSPS) is 12.7. The molecule has 0 saturated carbocycles. The molecule has 0 bridgehead atoms. The fraction of sp³-hybridized carbons (Fsp3) is 0.333. The fourth-order valence-electron chi connectivity index (χ4n) is 1.91. The van der Waals surface area contributed by atoms with Gasteiger partial charge in [0.05, 0.1) is 11.7 Å². The molecule has 0 amide bonds. The first kappa shape index (κ1) is 13.7. The molecule has 2 aromatic rings. The largest absolute Gasteiger partial charge is 0.305 e. The molecule has 0 saturated heterocycles. The monoisotopic (exact) mass is 372 g/mol. The lowest BCUT2D eigenvalue weighted by atomic mass is 10.0. The minimum Gasteiger partial charge on any atom is -0.305 e. The van der Waals surface area contributed by atoms with Gasteiger partial charge in [-0.1, -0.05) is 40.2 Å². The number of benzene rings is 1. The summed E-state index contributed by atoms with van der Waals surface area (Å²) in [4.78, 5) is 0. The van der Waals surface area contributed by atoms with Crippen molar-refractivity contribution in [1.82, 2.24) is 20.3 Å². The molecule has 2 rings (SSSR count). The highest BCUT2D eigenvalue weighted by molar-refractivity contribution is 9.10. The van der Waals surface area contributed by atoms with Crippen LogP contribution in [0, 0.1) is 0 Å². The van der Waals surface area contributed by atoms with E-state index in [2.05, 4.69) is 66.5 Å². The zero-order chi connectivity index (χ0) is 13.1. The molecule has 0 spiro atoms. The quantitative estimate of drug-likeness (QED) is 0.895. The number of nitrogens with zero attached hydrogens (tertiary/aromatic N) is 3. The zero-order valence-corrected chi connectivity index (χ0v) is 13.4. The Morgan fingerprint density at radius 3 is 2.72 bits per heavy atom. The van der Waals surface area contributed by atoms with Crippen molar-refractivity contribution in [1.29, 1.82) is 0 Å². The van der Waals surface area contributed by atoms with Crippen LogP contribution in [-0.4, -0.2) is 21.5 Å². The van der Waals surface area contributed by atoms with E-state index in [0.717, 1.165) is 21.3 Å². The third-order valence-corrected chi connectivity index (χ3v) is 3.75. The molecule has 4 nitrogen and oxygen atoms in total. The summed E-state index contributed by atoms with van der Waals surface area (Å²) >= 11 is 6.96. The number of hydrogen-bond acceptors (Lipinski definition) is 3. The highest BCUT2D eigenvalue weighted by atomic mass is 79.9. The van der Waals surface area contributed by atoms with E-state index in [1.54, 1.807) is 4.68 Å². The Bertz CT molecular complexity index is 519. The molecule has 0 aliphatic heterocycles. The number of halogens is 2. The highest BCUT2D eigenvalue weighted by Crippen LogP contribution is 2.28. The molecule has 1 heterocycles. The summed E-state index contributed by atoms with van der Waals surface area (Å²) < 4.78 is 3.63. The molecule has 1 N–H and O–H groups in total. The smallest absolute Gasteiger partial charge is 0.153 e. The van der Waals surface area contributed by atoms with Crippen LogP contribution in [0.3, 0.4) is 0 Å². The van der Waals surface area contributed by atoms with Crippen LogP contribution in [0.5, 0.6) is 0 Å². The Labute approximate surface area is 123 Å². The number of aryl methyl sites for hydroxylation is 1. The lowest BCUT2D eigenvalue weighted by molar-refractivity contribution is 0.567. The topological polar surface area (TPSA) is 42.7 Å². The van der Waals surface area contributed by atoms with Gasteiger partial charge in [-0.2, -0.15) is 0 Å². The summed E-state index contributed by atoms with van der Waals surface area (Å²) in [5, 5.41) is 11.5. The summed E-state index contributed by atoms with van der Waals surface area (Å²) in [6.45, 7) is 2.96. The third-order valence-electron chi connectivity index (χ3n) is 2.69. The van der Waals surface area contributed by atoms with Gasteiger partial charge < -0.3 is 5.32 Å². The van der Waals surface area contributed by atoms with E-state index in [0.29, 0.717) is 0 Å². The van der Waals surface area contributed by atoms with Crippen LogP contribution < -0.4 is 5.32 Å². The minimum absolute atomic E-state index is 0.0712. The molecule has 1 unspecified atom stereocenters. The number of hydrogen-bond donors (Lipinski definition) is 1. The Hall–Kier alpha value is -0.720. The van der Waals surface area contributed by atoms with Crippen LogP contribution in [0.25, 0.3) is 0 Å². The summed E-state index contributed by atoms with van der Waals surface area (Å²) in [6, 6.07) is 8.32. The summed E-state index contributed by atoms with van der Waals surface area (Å²) in [7, 11) is 1.90. The molecule has 18 heavy (non-hydrogen) atoms. The van der Waals surface area contributed by atoms with E-state index in [1.807, 2.05) is 19.2 Å². The first-order chi connectivity index (χ1) is 8.63. The zero-order valence-electron chi connectivity index (χ0n) is 10.2. The van der Waals surface area contributed by atoms with Gasteiger partial charge in [0.1, 0.15) is 0 Å². The lowest BCUT2D eigenvalue weighted by Crippen LogP contribution is -2.24. The number of nitrogens with one attached hydrogen (secondary N) is 1. The fourth-order valence-corrected chi connectivity index (χ4v) is 2.88. The van der Waals surface area contributed by atoms with E-state index in [-0.39, 0.29) is 6.04 Å². The maximum absolute atomic E-state index is 4.05. The second-order valence-corrected chi connectivity index (χ2v) is 5.60. The van der Waals surface area contributed by atoms with Crippen molar-refractivity contribution in [2.24, 2.45) is 7.05 Å². The molecule has 96 valence electrons. The SMILES string of the molecule is CCNC(c1cccc(Br)c1)c1c(Br)nnn1C. The number of aromatic nitrogens is 3. The maximum Gasteiger partial charge on any atom is 0.153 e. The van der Waals surface area contributed by atoms with Crippen LogP contribution in [0.1, 0.15) is 24.2 Å². The van der Waals surface area contributed by atoms with E-state index in [9.17, 15) is 0 Å². The predicted octanol–water partition coefficient (Wildman–Crippen LogP) is 3.04. The third kappa shape index (κ3) is 2.81. The van der Waals surface area contributed by atoms with E-state index < -0.39 is 0 Å². The molecular weight excluding hydrogens is 360 g/mol. The van der Waals surface area contributed by atoms with Crippen LogP contribution in [0.4, 0.5) is 0 Å². The number of rotatable bonds is 4. The lowest BCUT2D eigenvalue weighted by Gasteiger charge is -2.18. The predicted molar refractivity (Wildman–Crippen MR) is 78.4 cm³/mol. The minimum atomic E-state index is 0.0712. The van der Waals surface area contributed by atoms with Gasteiger partial charge in [0.25, 0.3) is 0 Å². The van der Waals surface area contributed by atoms with Crippen LogP contribution >= 0.6 is 31.9 Å². The molecule has 0 fully saturated rings. The molecule has 1 aromatic carbocycles. The van der Waals surface area contributed by atoms with Gasteiger partial charge in [0.15, 0.2) is 4.60 Å². The van der Waals surface area contributed by atoms with Crippen molar-refractivity contribution in [2.75, 3.05) is 6.54 Å². The van der Waals surface area contributed by atoms with E-state index in [1.165, 1.54) is 5.56 Å². The average molecular weight is 374 g/mol. The first-order valence-corrected chi connectivity index (χ1v) is 7.26. The molecule has 0 radical (unpaired) electrons. The summed E-state index contributed by atoms with van der Waals surface area (Å²) in [5.74, 6) is 0. The Morgan fingerprint density at radius 1 is 1.39 bits per heavy atom. The first-order valence-electron chi connectivity index (χ1n) is 5.67. The summed E-state index contributed by atoms with van der Waals surface area (Å²) in [6.07, 6.45) is 0. The molecule has 1 atom stereocenters. The van der Waals surface area contributed by atoms with Gasteiger partial charge in [-0.05, 0) is 40.2 Å². The van der Waals surface area contributed by atoms with Gasteiger partial charge in [-0.3, -0.25) is 0 Å². The second-order valence-electron chi connectivity index (χ2n) is 3.93. The van der Waals surface area contributed by atoms with Gasteiger partial charge in [0, 0.05) is 11.5 Å². The van der Waals surface area contributed by atoms with Crippen molar-refractivity contribution in [3.63, 3.8) is 0 Å². The molecule has 6 heteroatoms. The van der Waals surface area contributed by atoms with E-state index >= 15 is 0 Å². The second kappa shape index (κ2) is 5.95. The van der Waals surface area contributed by atoms with Crippen LogP contribution in [0.2, 0.25) is 0 Å². The van der Waals surface area contributed by atoms with Crippen molar-refractivity contribution in [3.05, 3.63) is 44.6 Å².